The van der Waals surface area contributed by atoms with Crippen molar-refractivity contribution in [1.29, 1.82) is 0 Å². The van der Waals surface area contributed by atoms with Gasteiger partial charge in [-0.2, -0.15) is 13.2 Å². The molecule has 4 nitrogen and oxygen atoms in total. The van der Waals surface area contributed by atoms with Gasteiger partial charge in [0.15, 0.2) is 6.61 Å². The van der Waals surface area contributed by atoms with E-state index in [-0.39, 0.29) is 12.4 Å². The highest BCUT2D eigenvalue weighted by atomic mass is 19.4. The van der Waals surface area contributed by atoms with Crippen LogP contribution >= 0.6 is 0 Å². The summed E-state index contributed by atoms with van der Waals surface area (Å²) in [4.78, 5) is 11.7. The van der Waals surface area contributed by atoms with E-state index in [9.17, 15) is 18.0 Å². The topological polar surface area (TPSA) is 47.6 Å². The van der Waals surface area contributed by atoms with E-state index in [1.54, 1.807) is 24.3 Å². The van der Waals surface area contributed by atoms with Gasteiger partial charge in [0, 0.05) is 5.69 Å². The predicted molar refractivity (Wildman–Crippen MR) is 78.6 cm³/mol. The van der Waals surface area contributed by atoms with E-state index in [0.717, 1.165) is 12.1 Å². The zero-order valence-corrected chi connectivity index (χ0v) is 12.2. The minimum absolute atomic E-state index is 0.183. The van der Waals surface area contributed by atoms with E-state index in [0.29, 0.717) is 11.4 Å². The third kappa shape index (κ3) is 4.91. The monoisotopic (exact) mass is 325 g/mol. The second kappa shape index (κ2) is 7.04. The Kier molecular flexibility index (Phi) is 5.10. The van der Waals surface area contributed by atoms with Crippen molar-refractivity contribution in [1.82, 2.24) is 0 Å². The van der Waals surface area contributed by atoms with Crippen molar-refractivity contribution in [3.8, 4) is 11.5 Å². The maximum absolute atomic E-state index is 12.4. The fraction of sp³-hybridized carbons (Fsp3) is 0.188. The number of methoxy groups -OCH3 is 1. The van der Waals surface area contributed by atoms with Crippen LogP contribution in [0, 0.1) is 0 Å². The Labute approximate surface area is 130 Å². The van der Waals surface area contributed by atoms with E-state index in [4.69, 9.17) is 9.47 Å². The summed E-state index contributed by atoms with van der Waals surface area (Å²) in [5.41, 5.74) is -0.209. The van der Waals surface area contributed by atoms with Crippen molar-refractivity contribution in [2.45, 2.75) is 6.18 Å². The van der Waals surface area contributed by atoms with Gasteiger partial charge >= 0.3 is 6.18 Å². The predicted octanol–water partition coefficient (Wildman–Crippen LogP) is 3.73. The summed E-state index contributed by atoms with van der Waals surface area (Å²) in [5.74, 6) is 0.418. The van der Waals surface area contributed by atoms with Gasteiger partial charge in [0.25, 0.3) is 5.91 Å². The Morgan fingerprint density at radius 1 is 1.00 bits per heavy atom. The molecule has 0 aliphatic rings. The molecule has 122 valence electrons. The molecular formula is C16H14F3NO3. The third-order valence-corrected chi connectivity index (χ3v) is 2.93. The van der Waals surface area contributed by atoms with Gasteiger partial charge in [0.2, 0.25) is 0 Å². The number of carbonyl (C=O) groups is 1. The van der Waals surface area contributed by atoms with E-state index < -0.39 is 17.6 Å². The van der Waals surface area contributed by atoms with Crippen molar-refractivity contribution in [2.75, 3.05) is 19.0 Å². The second-order valence-corrected chi connectivity index (χ2v) is 4.59. The SMILES string of the molecule is COc1ccc(NC(=O)COc2ccc(C(F)(F)F)cc2)cc1. The fourth-order valence-corrected chi connectivity index (χ4v) is 1.76. The molecule has 0 saturated heterocycles. The summed E-state index contributed by atoms with van der Waals surface area (Å²) in [6.07, 6.45) is -4.40. The molecule has 0 bridgehead atoms. The summed E-state index contributed by atoms with van der Waals surface area (Å²) in [6, 6.07) is 10.8. The number of alkyl halides is 3. The summed E-state index contributed by atoms with van der Waals surface area (Å²) < 4.78 is 47.4. The molecule has 1 N–H and O–H groups in total. The Morgan fingerprint density at radius 2 is 1.57 bits per heavy atom. The molecule has 0 spiro atoms. The number of halogens is 3. The normalized spacial score (nSPS) is 11.0. The first-order valence-electron chi connectivity index (χ1n) is 6.62. The molecule has 7 heteroatoms. The van der Waals surface area contributed by atoms with Crippen LogP contribution in [0.4, 0.5) is 18.9 Å². The van der Waals surface area contributed by atoms with Gasteiger partial charge in [-0.3, -0.25) is 4.79 Å². The van der Waals surface area contributed by atoms with E-state index in [2.05, 4.69) is 5.32 Å². The van der Waals surface area contributed by atoms with Gasteiger partial charge in [0.05, 0.1) is 12.7 Å². The van der Waals surface area contributed by atoms with Crippen LogP contribution in [0.2, 0.25) is 0 Å². The third-order valence-electron chi connectivity index (χ3n) is 2.93. The molecule has 2 rings (SSSR count). The Morgan fingerprint density at radius 3 is 2.09 bits per heavy atom. The highest BCUT2D eigenvalue weighted by Crippen LogP contribution is 2.30. The Balaban J connectivity index is 1.86. The smallest absolute Gasteiger partial charge is 0.416 e. The zero-order chi connectivity index (χ0) is 16.9. The molecule has 1 amide bonds. The van der Waals surface area contributed by atoms with E-state index in [1.165, 1.54) is 19.2 Å². The van der Waals surface area contributed by atoms with Crippen molar-refractivity contribution in [3.05, 3.63) is 54.1 Å². The van der Waals surface area contributed by atoms with Gasteiger partial charge in [-0.05, 0) is 48.5 Å². The summed E-state index contributed by atoms with van der Waals surface area (Å²) in [5, 5.41) is 2.60. The molecule has 2 aromatic rings. The number of hydrogen-bond donors (Lipinski definition) is 1. The molecule has 0 atom stereocenters. The van der Waals surface area contributed by atoms with Crippen LogP contribution in [0.3, 0.4) is 0 Å². The highest BCUT2D eigenvalue weighted by molar-refractivity contribution is 5.91. The molecule has 0 unspecified atom stereocenters. The number of ether oxygens (including phenoxy) is 2. The average Bonchev–Trinajstić information content (AvgIpc) is 2.53. The lowest BCUT2D eigenvalue weighted by Crippen LogP contribution is -2.20. The quantitative estimate of drug-likeness (QED) is 0.911. The maximum Gasteiger partial charge on any atom is 0.416 e. The highest BCUT2D eigenvalue weighted by Gasteiger charge is 2.30. The van der Waals surface area contributed by atoms with Crippen molar-refractivity contribution < 1.29 is 27.4 Å². The van der Waals surface area contributed by atoms with E-state index >= 15 is 0 Å². The standard InChI is InChI=1S/C16H14F3NO3/c1-22-13-8-4-12(5-9-13)20-15(21)10-23-14-6-2-11(3-7-14)16(17,18)19/h2-9H,10H2,1H3,(H,20,21). The first kappa shape index (κ1) is 16.7. The molecule has 0 aliphatic heterocycles. The Bertz CT molecular complexity index is 652. The van der Waals surface area contributed by atoms with Crippen LogP contribution in [0.25, 0.3) is 0 Å². The minimum atomic E-state index is -4.40. The van der Waals surface area contributed by atoms with Crippen molar-refractivity contribution in [3.63, 3.8) is 0 Å². The average molecular weight is 325 g/mol. The van der Waals surface area contributed by atoms with Gasteiger partial charge in [0.1, 0.15) is 11.5 Å². The first-order chi connectivity index (χ1) is 10.9. The number of benzene rings is 2. The van der Waals surface area contributed by atoms with Crippen LogP contribution < -0.4 is 14.8 Å². The molecule has 0 saturated carbocycles. The van der Waals surface area contributed by atoms with Crippen LogP contribution in [0.1, 0.15) is 5.56 Å². The lowest BCUT2D eigenvalue weighted by atomic mass is 10.2. The zero-order valence-electron chi connectivity index (χ0n) is 12.2. The lowest BCUT2D eigenvalue weighted by Gasteiger charge is -2.10. The van der Waals surface area contributed by atoms with Crippen LogP contribution in [0.5, 0.6) is 11.5 Å². The molecule has 0 heterocycles. The van der Waals surface area contributed by atoms with Crippen LogP contribution in [-0.2, 0) is 11.0 Å². The molecule has 0 aromatic heterocycles. The molecule has 0 radical (unpaired) electrons. The number of rotatable bonds is 5. The minimum Gasteiger partial charge on any atom is -0.497 e. The number of hydrogen-bond acceptors (Lipinski definition) is 3. The van der Waals surface area contributed by atoms with Crippen LogP contribution in [-0.4, -0.2) is 19.6 Å². The van der Waals surface area contributed by atoms with Crippen LogP contribution in [0.15, 0.2) is 48.5 Å². The van der Waals surface area contributed by atoms with Gasteiger partial charge in [-0.1, -0.05) is 0 Å². The first-order valence-corrected chi connectivity index (χ1v) is 6.62. The lowest BCUT2D eigenvalue weighted by molar-refractivity contribution is -0.137. The molecule has 2 aromatic carbocycles. The number of carbonyl (C=O) groups excluding carboxylic acids is 1. The van der Waals surface area contributed by atoms with Gasteiger partial charge in [-0.15, -0.1) is 0 Å². The number of amides is 1. The van der Waals surface area contributed by atoms with Crippen molar-refractivity contribution in [2.24, 2.45) is 0 Å². The van der Waals surface area contributed by atoms with Crippen molar-refractivity contribution >= 4 is 11.6 Å². The van der Waals surface area contributed by atoms with E-state index in [1.807, 2.05) is 0 Å². The number of anilines is 1. The maximum atomic E-state index is 12.4. The summed E-state index contributed by atoms with van der Waals surface area (Å²) in [7, 11) is 1.53. The summed E-state index contributed by atoms with van der Waals surface area (Å²) >= 11 is 0. The number of nitrogens with one attached hydrogen (secondary N) is 1. The molecule has 0 fully saturated rings. The van der Waals surface area contributed by atoms with Gasteiger partial charge in [-0.25, -0.2) is 0 Å². The largest absolute Gasteiger partial charge is 0.497 e. The summed E-state index contributed by atoms with van der Waals surface area (Å²) in [6.45, 7) is -0.308. The molecule has 23 heavy (non-hydrogen) atoms. The van der Waals surface area contributed by atoms with Gasteiger partial charge < -0.3 is 14.8 Å². The molecule has 0 aliphatic carbocycles. The Hall–Kier alpha value is -2.70. The fourth-order valence-electron chi connectivity index (χ4n) is 1.76. The molecular weight excluding hydrogens is 311 g/mol. The second-order valence-electron chi connectivity index (χ2n) is 4.59.